The van der Waals surface area contributed by atoms with Crippen LogP contribution in [-0.4, -0.2) is 30.8 Å². The fourth-order valence-electron chi connectivity index (χ4n) is 2.90. The Labute approximate surface area is 105 Å². The molecule has 4 heteroatoms. The molecule has 18 heavy (non-hydrogen) atoms. The van der Waals surface area contributed by atoms with Crippen LogP contribution in [0.1, 0.15) is 23.2 Å². The van der Waals surface area contributed by atoms with Gasteiger partial charge < -0.3 is 14.8 Å². The highest BCUT2D eigenvalue weighted by Gasteiger charge is 2.49. The molecule has 2 aliphatic rings. The summed E-state index contributed by atoms with van der Waals surface area (Å²) < 4.78 is 6.04. The molecule has 3 rings (SSSR count). The number of hydrogen-bond acceptors (Lipinski definition) is 4. The van der Waals surface area contributed by atoms with Crippen molar-refractivity contribution < 1.29 is 14.3 Å². The van der Waals surface area contributed by atoms with Gasteiger partial charge >= 0.3 is 0 Å². The van der Waals surface area contributed by atoms with Crippen molar-refractivity contribution in [1.29, 1.82) is 0 Å². The summed E-state index contributed by atoms with van der Waals surface area (Å²) in [6.07, 6.45) is 2.14. The molecule has 0 radical (unpaired) electrons. The Morgan fingerprint density at radius 2 is 2.00 bits per heavy atom. The molecule has 0 saturated carbocycles. The summed E-state index contributed by atoms with van der Waals surface area (Å²) in [5.74, 6) is -0.161. The van der Waals surface area contributed by atoms with Gasteiger partial charge in [0.05, 0.1) is 5.56 Å². The highest BCUT2D eigenvalue weighted by Crippen LogP contribution is 2.40. The van der Waals surface area contributed by atoms with Crippen LogP contribution in [0, 0.1) is 5.92 Å². The molecule has 1 aromatic carbocycles. The van der Waals surface area contributed by atoms with Gasteiger partial charge in [0.25, 0.3) is 0 Å². The van der Waals surface area contributed by atoms with E-state index in [0.717, 1.165) is 19.4 Å². The molecular formula is C14H15NO3. The molecule has 0 aromatic heterocycles. The number of carbonyl (C=O) groups excluding carboxylic acids is 2. The number of nitrogens with one attached hydrogen (secondary N) is 1. The summed E-state index contributed by atoms with van der Waals surface area (Å²) in [5, 5.41) is 3.23. The summed E-state index contributed by atoms with van der Waals surface area (Å²) in [5.41, 5.74) is -0.114. The van der Waals surface area contributed by atoms with Crippen molar-refractivity contribution in [3.8, 4) is 5.75 Å². The molecule has 1 saturated heterocycles. The van der Waals surface area contributed by atoms with Crippen molar-refractivity contribution in [3.63, 3.8) is 0 Å². The van der Waals surface area contributed by atoms with Gasteiger partial charge in [0.1, 0.15) is 23.6 Å². The Morgan fingerprint density at radius 3 is 2.72 bits per heavy atom. The van der Waals surface area contributed by atoms with Crippen LogP contribution in [-0.2, 0) is 4.79 Å². The van der Waals surface area contributed by atoms with Crippen molar-refractivity contribution in [2.24, 2.45) is 5.92 Å². The number of aldehydes is 1. The summed E-state index contributed by atoms with van der Waals surface area (Å²) >= 11 is 0. The van der Waals surface area contributed by atoms with E-state index in [0.29, 0.717) is 24.2 Å². The monoisotopic (exact) mass is 245 g/mol. The number of benzene rings is 1. The first-order chi connectivity index (χ1) is 8.77. The Balaban J connectivity index is 2.07. The molecule has 0 amide bonds. The minimum Gasteiger partial charge on any atom is -0.485 e. The van der Waals surface area contributed by atoms with E-state index in [1.54, 1.807) is 18.2 Å². The summed E-state index contributed by atoms with van der Waals surface area (Å²) in [6.45, 7) is 1.56. The zero-order valence-corrected chi connectivity index (χ0v) is 10.0. The van der Waals surface area contributed by atoms with Crippen LogP contribution in [0.25, 0.3) is 0 Å². The lowest BCUT2D eigenvalue weighted by Gasteiger charge is -2.44. The predicted molar refractivity (Wildman–Crippen MR) is 65.8 cm³/mol. The maximum absolute atomic E-state index is 12.4. The predicted octanol–water partition coefficient (Wildman–Crippen LogP) is 1.20. The Morgan fingerprint density at radius 1 is 1.28 bits per heavy atom. The van der Waals surface area contributed by atoms with Gasteiger partial charge in [-0.3, -0.25) is 4.79 Å². The van der Waals surface area contributed by atoms with Gasteiger partial charge in [-0.1, -0.05) is 12.1 Å². The molecule has 0 aliphatic carbocycles. The van der Waals surface area contributed by atoms with Gasteiger partial charge in [-0.15, -0.1) is 0 Å². The van der Waals surface area contributed by atoms with Crippen LogP contribution >= 0.6 is 0 Å². The fourth-order valence-corrected chi connectivity index (χ4v) is 2.90. The van der Waals surface area contributed by atoms with E-state index in [1.165, 1.54) is 0 Å². The van der Waals surface area contributed by atoms with Crippen LogP contribution < -0.4 is 10.1 Å². The van der Waals surface area contributed by atoms with Crippen LogP contribution in [0.15, 0.2) is 24.3 Å². The minimum absolute atomic E-state index is 0.103. The molecule has 1 spiro atoms. The second-order valence-corrected chi connectivity index (χ2v) is 4.89. The van der Waals surface area contributed by atoms with Crippen LogP contribution in [0.5, 0.6) is 5.75 Å². The molecule has 1 atom stereocenters. The van der Waals surface area contributed by atoms with Crippen molar-refractivity contribution >= 4 is 12.1 Å². The molecular weight excluding hydrogens is 230 g/mol. The van der Waals surface area contributed by atoms with E-state index in [9.17, 15) is 9.59 Å². The lowest BCUT2D eigenvalue weighted by molar-refractivity contribution is -0.117. The second-order valence-electron chi connectivity index (χ2n) is 4.89. The largest absolute Gasteiger partial charge is 0.485 e. The third kappa shape index (κ3) is 1.56. The zero-order chi connectivity index (χ0) is 12.6. The number of hydrogen-bond donors (Lipinski definition) is 1. The molecule has 1 aromatic rings. The number of Topliss-reactive ketones (excluding diaryl/α,β-unsaturated/α-hetero) is 1. The van der Waals surface area contributed by atoms with Crippen LogP contribution in [0.4, 0.5) is 0 Å². The van der Waals surface area contributed by atoms with Crippen molar-refractivity contribution in [2.75, 3.05) is 13.1 Å². The maximum Gasteiger partial charge on any atom is 0.180 e. The number of carbonyl (C=O) groups is 2. The van der Waals surface area contributed by atoms with Gasteiger partial charge in [-0.05, 0) is 25.2 Å². The van der Waals surface area contributed by atoms with Crippen molar-refractivity contribution in [3.05, 3.63) is 29.8 Å². The smallest absolute Gasteiger partial charge is 0.180 e. The van der Waals surface area contributed by atoms with E-state index < -0.39 is 11.5 Å². The number of ether oxygens (including phenoxy) is 1. The lowest BCUT2D eigenvalue weighted by Crippen LogP contribution is -2.56. The Hall–Kier alpha value is -1.68. The van der Waals surface area contributed by atoms with E-state index in [-0.39, 0.29) is 5.78 Å². The van der Waals surface area contributed by atoms with Crippen LogP contribution in [0.3, 0.4) is 0 Å². The molecule has 0 bridgehead atoms. The standard InChI is InChI=1S/C14H15NO3/c16-9-11-13(17)10-3-1-2-4-12(10)18-14(11)5-7-15-8-6-14/h1-4,9,11,15H,5-8H2. The molecule has 94 valence electrons. The van der Waals surface area contributed by atoms with Gasteiger partial charge in [-0.2, -0.15) is 0 Å². The molecule has 2 heterocycles. The third-order valence-corrected chi connectivity index (χ3v) is 3.90. The first-order valence-electron chi connectivity index (χ1n) is 6.25. The average molecular weight is 245 g/mol. The van der Waals surface area contributed by atoms with Gasteiger partial charge in [0.15, 0.2) is 5.78 Å². The Kier molecular flexibility index (Phi) is 2.67. The molecule has 2 aliphatic heterocycles. The molecule has 1 unspecified atom stereocenters. The normalized spacial score (nSPS) is 25.3. The number of fused-ring (bicyclic) bond motifs is 1. The minimum atomic E-state index is -0.672. The van der Waals surface area contributed by atoms with Crippen molar-refractivity contribution in [2.45, 2.75) is 18.4 Å². The van der Waals surface area contributed by atoms with Gasteiger partial charge in [-0.25, -0.2) is 0 Å². The maximum atomic E-state index is 12.4. The highest BCUT2D eigenvalue weighted by atomic mass is 16.5. The van der Waals surface area contributed by atoms with Crippen LogP contribution in [0.2, 0.25) is 0 Å². The summed E-state index contributed by atoms with van der Waals surface area (Å²) in [6, 6.07) is 7.17. The Bertz CT molecular complexity index is 492. The zero-order valence-electron chi connectivity index (χ0n) is 10.0. The second kappa shape index (κ2) is 4.21. The van der Waals surface area contributed by atoms with E-state index in [1.807, 2.05) is 6.07 Å². The quantitative estimate of drug-likeness (QED) is 0.596. The average Bonchev–Trinajstić information content (AvgIpc) is 2.40. The molecule has 4 nitrogen and oxygen atoms in total. The number of piperidine rings is 1. The number of ketones is 1. The first-order valence-corrected chi connectivity index (χ1v) is 6.25. The summed E-state index contributed by atoms with van der Waals surface area (Å²) in [7, 11) is 0. The topological polar surface area (TPSA) is 55.4 Å². The summed E-state index contributed by atoms with van der Waals surface area (Å²) in [4.78, 5) is 23.7. The first kappa shape index (κ1) is 11.4. The van der Waals surface area contributed by atoms with Gasteiger partial charge in [0, 0.05) is 12.8 Å². The number of para-hydroxylation sites is 1. The lowest BCUT2D eigenvalue weighted by atomic mass is 9.74. The van der Waals surface area contributed by atoms with E-state index in [2.05, 4.69) is 5.32 Å². The van der Waals surface area contributed by atoms with Crippen molar-refractivity contribution in [1.82, 2.24) is 5.32 Å². The highest BCUT2D eigenvalue weighted by molar-refractivity contribution is 6.09. The molecule has 1 fully saturated rings. The SMILES string of the molecule is O=CC1C(=O)c2ccccc2OC12CCNCC2. The third-order valence-electron chi connectivity index (χ3n) is 3.90. The van der Waals surface area contributed by atoms with Gasteiger partial charge in [0.2, 0.25) is 0 Å². The molecule has 1 N–H and O–H groups in total. The van der Waals surface area contributed by atoms with E-state index in [4.69, 9.17) is 4.74 Å². The van der Waals surface area contributed by atoms with E-state index >= 15 is 0 Å². The fraction of sp³-hybridized carbons (Fsp3) is 0.429. The number of rotatable bonds is 1.